The maximum Gasteiger partial charge on any atom is 0.198 e. The normalized spacial score (nSPS) is 17.9. The van der Waals surface area contributed by atoms with Crippen molar-refractivity contribution in [3.8, 4) is 0 Å². The molecule has 104 valence electrons. The molecule has 2 heterocycles. The highest BCUT2D eigenvalue weighted by Gasteiger charge is 2.25. The molecular formula is C17H20N2O. The van der Waals surface area contributed by atoms with Crippen LogP contribution in [0.5, 0.6) is 0 Å². The minimum atomic E-state index is 0.182. The van der Waals surface area contributed by atoms with Crippen LogP contribution in [0.15, 0.2) is 42.6 Å². The number of fused-ring (bicyclic) bond motifs is 1. The molecule has 1 aliphatic rings. The van der Waals surface area contributed by atoms with E-state index in [9.17, 15) is 4.79 Å². The minimum Gasteiger partial charge on any atom is -0.361 e. The summed E-state index contributed by atoms with van der Waals surface area (Å²) < 4.78 is 1.89. The Balaban J connectivity index is 1.87. The number of aryl methyl sites for hydroxylation is 2. The number of carbonyl (C=O) groups is 1. The van der Waals surface area contributed by atoms with Gasteiger partial charge in [0.1, 0.15) is 0 Å². The van der Waals surface area contributed by atoms with Gasteiger partial charge < -0.3 is 9.47 Å². The molecule has 1 aromatic heterocycles. The molecule has 2 aromatic rings. The molecular weight excluding hydrogens is 248 g/mol. The van der Waals surface area contributed by atoms with Crippen molar-refractivity contribution < 1.29 is 4.79 Å². The Bertz CT molecular complexity index is 629. The summed E-state index contributed by atoms with van der Waals surface area (Å²) in [5, 5.41) is 0. The number of aromatic nitrogens is 1. The van der Waals surface area contributed by atoms with Gasteiger partial charge in [-0.05, 0) is 43.5 Å². The van der Waals surface area contributed by atoms with Crippen molar-refractivity contribution in [2.45, 2.75) is 25.8 Å². The van der Waals surface area contributed by atoms with E-state index in [0.29, 0.717) is 12.6 Å². The van der Waals surface area contributed by atoms with Crippen LogP contribution in [0.3, 0.4) is 0 Å². The largest absolute Gasteiger partial charge is 0.361 e. The number of para-hydroxylation sites is 1. The first-order valence-corrected chi connectivity index (χ1v) is 7.16. The van der Waals surface area contributed by atoms with E-state index in [4.69, 9.17) is 0 Å². The van der Waals surface area contributed by atoms with E-state index in [-0.39, 0.29) is 5.78 Å². The second kappa shape index (κ2) is 5.16. The van der Waals surface area contributed by atoms with Crippen molar-refractivity contribution in [2.24, 2.45) is 7.05 Å². The van der Waals surface area contributed by atoms with Crippen LogP contribution >= 0.6 is 0 Å². The molecule has 1 aromatic carbocycles. The van der Waals surface area contributed by atoms with E-state index in [1.165, 1.54) is 11.3 Å². The molecule has 0 fully saturated rings. The van der Waals surface area contributed by atoms with Crippen LogP contribution in [0.1, 0.15) is 29.4 Å². The summed E-state index contributed by atoms with van der Waals surface area (Å²) in [6.45, 7) is 2.66. The zero-order chi connectivity index (χ0) is 14.1. The van der Waals surface area contributed by atoms with Gasteiger partial charge in [-0.1, -0.05) is 18.2 Å². The Kier molecular flexibility index (Phi) is 3.35. The lowest BCUT2D eigenvalue weighted by molar-refractivity contribution is 0.0988. The summed E-state index contributed by atoms with van der Waals surface area (Å²) in [6.07, 6.45) is 4.13. The third kappa shape index (κ3) is 2.24. The number of hydrogen-bond acceptors (Lipinski definition) is 2. The molecule has 3 nitrogen and oxygen atoms in total. The Morgan fingerprint density at radius 1 is 1.25 bits per heavy atom. The van der Waals surface area contributed by atoms with Crippen LogP contribution < -0.4 is 4.90 Å². The van der Waals surface area contributed by atoms with Gasteiger partial charge in [-0.2, -0.15) is 0 Å². The Hall–Kier alpha value is -2.03. The van der Waals surface area contributed by atoms with Gasteiger partial charge in [0.25, 0.3) is 0 Å². The van der Waals surface area contributed by atoms with Crippen LogP contribution in [-0.2, 0) is 13.5 Å². The molecule has 0 aliphatic carbocycles. The van der Waals surface area contributed by atoms with E-state index in [2.05, 4.69) is 36.1 Å². The van der Waals surface area contributed by atoms with Gasteiger partial charge in [0, 0.05) is 25.0 Å². The third-order valence-corrected chi connectivity index (χ3v) is 4.21. The van der Waals surface area contributed by atoms with Crippen molar-refractivity contribution in [3.05, 3.63) is 53.9 Å². The van der Waals surface area contributed by atoms with Crippen molar-refractivity contribution in [2.75, 3.05) is 11.4 Å². The average Bonchev–Trinajstić information content (AvgIpc) is 2.88. The lowest BCUT2D eigenvalue weighted by Crippen LogP contribution is -2.41. The van der Waals surface area contributed by atoms with E-state index in [1.807, 2.05) is 29.9 Å². The van der Waals surface area contributed by atoms with E-state index >= 15 is 0 Å². The Morgan fingerprint density at radius 3 is 2.80 bits per heavy atom. The fraction of sp³-hybridized carbons (Fsp3) is 0.353. The monoisotopic (exact) mass is 268 g/mol. The molecule has 0 unspecified atom stereocenters. The summed E-state index contributed by atoms with van der Waals surface area (Å²) >= 11 is 0. The zero-order valence-corrected chi connectivity index (χ0v) is 12.0. The van der Waals surface area contributed by atoms with E-state index < -0.39 is 0 Å². The highest BCUT2D eigenvalue weighted by molar-refractivity contribution is 5.98. The molecule has 0 spiro atoms. The fourth-order valence-electron chi connectivity index (χ4n) is 2.99. The standard InChI is InChI=1S/C17H20N2O/c1-13-9-10-14-6-3-4-7-15(14)19(13)12-17(20)16-8-5-11-18(16)2/h3-8,11,13H,9-10,12H2,1-2H3/t13-/m0/s1. The first-order valence-electron chi connectivity index (χ1n) is 7.16. The van der Waals surface area contributed by atoms with Gasteiger partial charge in [0.05, 0.1) is 12.2 Å². The quantitative estimate of drug-likeness (QED) is 0.799. The summed E-state index contributed by atoms with van der Waals surface area (Å²) in [7, 11) is 1.92. The Labute approximate surface area is 119 Å². The fourth-order valence-corrected chi connectivity index (χ4v) is 2.99. The highest BCUT2D eigenvalue weighted by atomic mass is 16.1. The van der Waals surface area contributed by atoms with Gasteiger partial charge in [0.15, 0.2) is 5.78 Å². The molecule has 0 radical (unpaired) electrons. The number of hydrogen-bond donors (Lipinski definition) is 0. The van der Waals surface area contributed by atoms with Crippen molar-refractivity contribution in [1.29, 1.82) is 0 Å². The predicted molar refractivity (Wildman–Crippen MR) is 81.3 cm³/mol. The molecule has 20 heavy (non-hydrogen) atoms. The van der Waals surface area contributed by atoms with E-state index in [0.717, 1.165) is 18.5 Å². The molecule has 0 N–H and O–H groups in total. The lowest BCUT2D eigenvalue weighted by atomic mass is 9.96. The maximum atomic E-state index is 12.5. The minimum absolute atomic E-state index is 0.182. The molecule has 3 rings (SSSR count). The summed E-state index contributed by atoms with van der Waals surface area (Å²) in [4.78, 5) is 14.7. The summed E-state index contributed by atoms with van der Waals surface area (Å²) in [5.41, 5.74) is 3.35. The molecule has 1 atom stereocenters. The number of nitrogens with zero attached hydrogens (tertiary/aromatic N) is 2. The second-order valence-corrected chi connectivity index (χ2v) is 5.57. The first kappa shape index (κ1) is 13.0. The van der Waals surface area contributed by atoms with E-state index in [1.54, 1.807) is 0 Å². The van der Waals surface area contributed by atoms with Gasteiger partial charge in [-0.15, -0.1) is 0 Å². The zero-order valence-electron chi connectivity index (χ0n) is 12.0. The highest BCUT2D eigenvalue weighted by Crippen LogP contribution is 2.30. The number of anilines is 1. The molecule has 0 amide bonds. The Morgan fingerprint density at radius 2 is 2.05 bits per heavy atom. The van der Waals surface area contributed by atoms with Crippen LogP contribution in [0.2, 0.25) is 0 Å². The smallest absolute Gasteiger partial charge is 0.198 e. The van der Waals surface area contributed by atoms with Crippen LogP contribution in [0.25, 0.3) is 0 Å². The van der Waals surface area contributed by atoms with Gasteiger partial charge in [0.2, 0.25) is 0 Å². The van der Waals surface area contributed by atoms with Crippen molar-refractivity contribution in [3.63, 3.8) is 0 Å². The number of carbonyl (C=O) groups excluding carboxylic acids is 1. The molecule has 0 saturated carbocycles. The maximum absolute atomic E-state index is 12.5. The van der Waals surface area contributed by atoms with Crippen molar-refractivity contribution in [1.82, 2.24) is 4.57 Å². The van der Waals surface area contributed by atoms with Crippen molar-refractivity contribution >= 4 is 11.5 Å². The van der Waals surface area contributed by atoms with Crippen LogP contribution in [-0.4, -0.2) is 22.9 Å². The lowest BCUT2D eigenvalue weighted by Gasteiger charge is -2.36. The number of Topliss-reactive ketones (excluding diaryl/α,β-unsaturated/α-hetero) is 1. The molecule has 3 heteroatoms. The summed E-state index contributed by atoms with van der Waals surface area (Å²) in [6, 6.07) is 12.6. The van der Waals surface area contributed by atoms with Gasteiger partial charge in [-0.25, -0.2) is 0 Å². The topological polar surface area (TPSA) is 25.2 Å². The van der Waals surface area contributed by atoms with Gasteiger partial charge >= 0.3 is 0 Å². The average molecular weight is 268 g/mol. The first-order chi connectivity index (χ1) is 9.66. The number of rotatable bonds is 3. The SMILES string of the molecule is C[C@H]1CCc2ccccc2N1CC(=O)c1cccn1C. The number of ketones is 1. The number of benzene rings is 1. The molecule has 0 saturated heterocycles. The second-order valence-electron chi connectivity index (χ2n) is 5.57. The van der Waals surface area contributed by atoms with Crippen LogP contribution in [0, 0.1) is 0 Å². The summed E-state index contributed by atoms with van der Waals surface area (Å²) in [5.74, 6) is 0.182. The third-order valence-electron chi connectivity index (χ3n) is 4.21. The van der Waals surface area contributed by atoms with Gasteiger partial charge in [-0.3, -0.25) is 4.79 Å². The van der Waals surface area contributed by atoms with Crippen LogP contribution in [0.4, 0.5) is 5.69 Å². The molecule has 0 bridgehead atoms. The molecule has 1 aliphatic heterocycles. The predicted octanol–water partition coefficient (Wildman–Crippen LogP) is 3.05.